The molecule has 0 unspecified atom stereocenters. The third kappa shape index (κ3) is 5.41. The Morgan fingerprint density at radius 1 is 1.50 bits per heavy atom. The summed E-state index contributed by atoms with van der Waals surface area (Å²) in [7, 11) is -1.33. The third-order valence-electron chi connectivity index (χ3n) is 3.65. The first-order chi connectivity index (χ1) is 11.2. The van der Waals surface area contributed by atoms with Crippen molar-refractivity contribution in [1.82, 2.24) is 14.9 Å². The van der Waals surface area contributed by atoms with Crippen LogP contribution < -0.4 is 0 Å². The Balaban J connectivity index is 1.96. The predicted molar refractivity (Wildman–Crippen MR) is 93.6 cm³/mol. The molecular formula is C16H24ClN3O3S. The molecule has 0 aliphatic carbocycles. The van der Waals surface area contributed by atoms with Gasteiger partial charge < -0.3 is 9.64 Å². The average molecular weight is 374 g/mol. The molecule has 1 fully saturated rings. The van der Waals surface area contributed by atoms with Gasteiger partial charge in [0.2, 0.25) is 5.16 Å². The highest BCUT2D eigenvalue weighted by Gasteiger charge is 2.29. The van der Waals surface area contributed by atoms with Gasteiger partial charge in [-0.05, 0) is 46.5 Å². The summed E-state index contributed by atoms with van der Waals surface area (Å²) in [5.41, 5.74) is 0.241. The minimum Gasteiger partial charge on any atom is -0.444 e. The van der Waals surface area contributed by atoms with Crippen LogP contribution in [0, 0.1) is 12.8 Å². The van der Waals surface area contributed by atoms with E-state index in [1.54, 1.807) is 18.0 Å². The molecule has 2 heterocycles. The van der Waals surface area contributed by atoms with Gasteiger partial charge in [0.05, 0.1) is 10.8 Å². The first kappa shape index (κ1) is 19.1. The van der Waals surface area contributed by atoms with Gasteiger partial charge in [-0.3, -0.25) is 4.21 Å². The molecule has 0 spiro atoms. The molecule has 0 bridgehead atoms. The average Bonchev–Trinajstić information content (AvgIpc) is 2.48. The smallest absolute Gasteiger partial charge is 0.410 e. The number of aryl methyl sites for hydroxylation is 1. The van der Waals surface area contributed by atoms with E-state index in [9.17, 15) is 9.00 Å². The predicted octanol–water partition coefficient (Wildman–Crippen LogP) is 3.19. The van der Waals surface area contributed by atoms with Crippen molar-refractivity contribution >= 4 is 28.5 Å². The van der Waals surface area contributed by atoms with Crippen molar-refractivity contribution in [3.05, 3.63) is 16.9 Å². The van der Waals surface area contributed by atoms with Crippen molar-refractivity contribution in [2.45, 2.75) is 51.3 Å². The Bertz CT molecular complexity index is 633. The molecule has 24 heavy (non-hydrogen) atoms. The van der Waals surface area contributed by atoms with Crippen LogP contribution in [-0.4, -0.2) is 49.6 Å². The molecule has 0 N–H and O–H groups in total. The lowest BCUT2D eigenvalue weighted by atomic mass is 10.0. The van der Waals surface area contributed by atoms with Crippen LogP contribution in [0.25, 0.3) is 0 Å². The highest BCUT2D eigenvalue weighted by molar-refractivity contribution is 7.84. The second-order valence-electron chi connectivity index (χ2n) is 7.07. The molecule has 1 saturated heterocycles. The Morgan fingerprint density at radius 3 is 2.83 bits per heavy atom. The van der Waals surface area contributed by atoms with Gasteiger partial charge in [0.15, 0.2) is 0 Å². The van der Waals surface area contributed by atoms with Crippen LogP contribution in [0.4, 0.5) is 4.79 Å². The second-order valence-corrected chi connectivity index (χ2v) is 8.82. The molecule has 1 aliphatic rings. The number of rotatable bonds is 3. The van der Waals surface area contributed by atoms with Crippen LogP contribution in [-0.2, 0) is 15.5 Å². The number of halogens is 1. The second kappa shape index (κ2) is 7.78. The van der Waals surface area contributed by atoms with Crippen molar-refractivity contribution in [2.75, 3.05) is 18.8 Å². The number of likely N-dealkylation sites (tertiary alicyclic amines) is 1. The summed E-state index contributed by atoms with van der Waals surface area (Å²) in [6.45, 7) is 8.56. The minimum absolute atomic E-state index is 0.135. The normalized spacial score (nSPS) is 19.9. The zero-order valence-electron chi connectivity index (χ0n) is 14.5. The first-order valence-electron chi connectivity index (χ1n) is 8.01. The van der Waals surface area contributed by atoms with Crippen molar-refractivity contribution in [3.63, 3.8) is 0 Å². The molecule has 0 saturated carbocycles. The van der Waals surface area contributed by atoms with Crippen LogP contribution in [0.2, 0.25) is 5.15 Å². The lowest BCUT2D eigenvalue weighted by Gasteiger charge is -2.33. The Hall–Kier alpha value is -1.21. The van der Waals surface area contributed by atoms with E-state index in [4.69, 9.17) is 16.3 Å². The minimum atomic E-state index is -1.33. The molecule has 1 aliphatic heterocycles. The highest BCUT2D eigenvalue weighted by Crippen LogP contribution is 2.21. The van der Waals surface area contributed by atoms with E-state index in [0.717, 1.165) is 18.4 Å². The van der Waals surface area contributed by atoms with Gasteiger partial charge >= 0.3 is 6.09 Å². The quantitative estimate of drug-likeness (QED) is 0.601. The van der Waals surface area contributed by atoms with E-state index in [1.807, 2.05) is 20.8 Å². The van der Waals surface area contributed by atoms with E-state index in [1.165, 1.54) is 0 Å². The maximum atomic E-state index is 12.5. The summed E-state index contributed by atoms with van der Waals surface area (Å²) in [5.74, 6) is 0.550. The Labute approximate surface area is 150 Å². The fraction of sp³-hybridized carbons (Fsp3) is 0.688. The van der Waals surface area contributed by atoms with Gasteiger partial charge in [-0.1, -0.05) is 11.6 Å². The van der Waals surface area contributed by atoms with Gasteiger partial charge in [0.1, 0.15) is 10.8 Å². The molecule has 2 atom stereocenters. The molecule has 1 aromatic heterocycles. The van der Waals surface area contributed by atoms with Gasteiger partial charge in [0, 0.05) is 30.6 Å². The van der Waals surface area contributed by atoms with E-state index in [-0.39, 0.29) is 17.2 Å². The zero-order chi connectivity index (χ0) is 17.9. The maximum absolute atomic E-state index is 12.5. The summed E-state index contributed by atoms with van der Waals surface area (Å²) in [6, 6.07) is 0. The van der Waals surface area contributed by atoms with Crippen LogP contribution in [0.3, 0.4) is 0 Å². The molecule has 1 aromatic rings. The fourth-order valence-corrected chi connectivity index (χ4v) is 3.89. The molecule has 1 amide bonds. The molecule has 0 aromatic carbocycles. The largest absolute Gasteiger partial charge is 0.444 e. The SMILES string of the molecule is Cc1cnc([S@@](=O)C[C@@H]2CCCN(C(=O)OC(C)(C)C)C2)nc1Cl. The Kier molecular flexibility index (Phi) is 6.20. The highest BCUT2D eigenvalue weighted by atomic mass is 35.5. The lowest BCUT2D eigenvalue weighted by Crippen LogP contribution is -2.44. The number of carbonyl (C=O) groups excluding carboxylic acids is 1. The van der Waals surface area contributed by atoms with Gasteiger partial charge in [0.25, 0.3) is 0 Å². The number of amides is 1. The molecule has 134 valence electrons. The molecule has 6 nitrogen and oxygen atoms in total. The van der Waals surface area contributed by atoms with Crippen molar-refractivity contribution in [3.8, 4) is 0 Å². The van der Waals surface area contributed by atoms with E-state index < -0.39 is 16.4 Å². The van der Waals surface area contributed by atoms with Crippen molar-refractivity contribution in [2.24, 2.45) is 5.92 Å². The van der Waals surface area contributed by atoms with Gasteiger partial charge in [-0.25, -0.2) is 14.8 Å². The number of hydrogen-bond acceptors (Lipinski definition) is 5. The standard InChI is InChI=1S/C16H24ClN3O3S/c1-11-8-18-14(19-13(11)17)24(22)10-12-6-5-7-20(9-12)15(21)23-16(2,3)4/h8,12H,5-7,9-10H2,1-4H3/t12-,24+/m1/s1. The summed E-state index contributed by atoms with van der Waals surface area (Å²) < 4.78 is 17.9. The van der Waals surface area contributed by atoms with Gasteiger partial charge in [-0.2, -0.15) is 0 Å². The van der Waals surface area contributed by atoms with Crippen LogP contribution in [0.15, 0.2) is 11.4 Å². The monoisotopic (exact) mass is 373 g/mol. The molecule has 0 radical (unpaired) electrons. The van der Waals surface area contributed by atoms with E-state index in [0.29, 0.717) is 24.0 Å². The first-order valence-corrected chi connectivity index (χ1v) is 9.71. The van der Waals surface area contributed by atoms with E-state index >= 15 is 0 Å². The fourth-order valence-electron chi connectivity index (χ4n) is 2.50. The van der Waals surface area contributed by atoms with Crippen LogP contribution in [0.1, 0.15) is 39.2 Å². The number of piperidine rings is 1. The molecule has 2 rings (SSSR count). The van der Waals surface area contributed by atoms with Crippen LogP contribution in [0.5, 0.6) is 0 Å². The summed E-state index contributed by atoms with van der Waals surface area (Å²) in [4.78, 5) is 22.1. The number of carbonyl (C=O) groups is 1. The van der Waals surface area contributed by atoms with Crippen molar-refractivity contribution < 1.29 is 13.7 Å². The number of ether oxygens (including phenoxy) is 1. The number of nitrogens with zero attached hydrogens (tertiary/aromatic N) is 3. The van der Waals surface area contributed by atoms with Gasteiger partial charge in [-0.15, -0.1) is 0 Å². The molecular weight excluding hydrogens is 350 g/mol. The topological polar surface area (TPSA) is 72.4 Å². The number of hydrogen-bond donors (Lipinski definition) is 0. The van der Waals surface area contributed by atoms with Crippen LogP contribution >= 0.6 is 11.6 Å². The molecule has 8 heteroatoms. The van der Waals surface area contributed by atoms with Crippen molar-refractivity contribution in [1.29, 1.82) is 0 Å². The number of aromatic nitrogens is 2. The lowest BCUT2D eigenvalue weighted by molar-refractivity contribution is 0.0176. The summed E-state index contributed by atoms with van der Waals surface area (Å²) in [6.07, 6.45) is 3.06. The maximum Gasteiger partial charge on any atom is 0.410 e. The summed E-state index contributed by atoms with van der Waals surface area (Å²) in [5, 5.41) is 0.576. The summed E-state index contributed by atoms with van der Waals surface area (Å²) >= 11 is 5.97. The zero-order valence-corrected chi connectivity index (χ0v) is 16.1. The van der Waals surface area contributed by atoms with E-state index in [2.05, 4.69) is 9.97 Å². The third-order valence-corrected chi connectivity index (χ3v) is 5.41. The Morgan fingerprint density at radius 2 is 2.21 bits per heavy atom.